The summed E-state index contributed by atoms with van der Waals surface area (Å²) >= 11 is 0. The van der Waals surface area contributed by atoms with Crippen molar-refractivity contribution >= 4 is 11.7 Å². The van der Waals surface area contributed by atoms with Crippen molar-refractivity contribution in [2.24, 2.45) is 0 Å². The Balaban J connectivity index is 3.13. The van der Waals surface area contributed by atoms with E-state index in [-0.39, 0.29) is 12.3 Å². The molecule has 0 spiro atoms. The molecule has 0 fully saturated rings. The van der Waals surface area contributed by atoms with Crippen LogP contribution in [0.5, 0.6) is 0 Å². The van der Waals surface area contributed by atoms with Gasteiger partial charge in [0.05, 0.1) is 6.61 Å². The van der Waals surface area contributed by atoms with Crippen LogP contribution < -0.4 is 5.73 Å². The van der Waals surface area contributed by atoms with E-state index >= 15 is 0 Å². The summed E-state index contributed by atoms with van der Waals surface area (Å²) in [5.74, 6) is -3.32. The first-order valence-corrected chi connectivity index (χ1v) is 3.98. The molecule has 0 atom stereocenters. The van der Waals surface area contributed by atoms with Crippen LogP contribution in [0.3, 0.4) is 0 Å². The summed E-state index contributed by atoms with van der Waals surface area (Å²) in [4.78, 5) is 11.1. The van der Waals surface area contributed by atoms with Crippen LogP contribution >= 0.6 is 0 Å². The van der Waals surface area contributed by atoms with E-state index in [1.54, 1.807) is 6.92 Å². The molecule has 2 N–H and O–H groups in total. The molecule has 0 aromatic heterocycles. The van der Waals surface area contributed by atoms with Crippen LogP contribution in [0.2, 0.25) is 0 Å². The molecule has 0 saturated carbocycles. The van der Waals surface area contributed by atoms with Gasteiger partial charge in [0.1, 0.15) is 5.56 Å². The van der Waals surface area contributed by atoms with Crippen LogP contribution in [0.15, 0.2) is 12.1 Å². The van der Waals surface area contributed by atoms with Gasteiger partial charge in [0.2, 0.25) is 0 Å². The second-order valence-corrected chi connectivity index (χ2v) is 2.58. The van der Waals surface area contributed by atoms with Crippen LogP contribution in [0.25, 0.3) is 0 Å². The normalized spacial score (nSPS) is 9.93. The Morgan fingerprint density at radius 2 is 2.14 bits per heavy atom. The van der Waals surface area contributed by atoms with Crippen molar-refractivity contribution in [2.75, 3.05) is 12.3 Å². The third kappa shape index (κ3) is 1.99. The molecule has 1 rings (SSSR count). The number of esters is 1. The fourth-order valence-corrected chi connectivity index (χ4v) is 0.967. The molecular formula is C9H9F2NO2. The lowest BCUT2D eigenvalue weighted by Gasteiger charge is -2.04. The molecule has 5 heteroatoms. The number of hydrogen-bond acceptors (Lipinski definition) is 3. The molecule has 1 aromatic carbocycles. The maximum atomic E-state index is 13.0. The number of nitrogens with two attached hydrogens (primary N) is 1. The maximum absolute atomic E-state index is 13.0. The third-order valence-electron chi connectivity index (χ3n) is 1.55. The van der Waals surface area contributed by atoms with Crippen LogP contribution in [-0.4, -0.2) is 12.6 Å². The predicted molar refractivity (Wildman–Crippen MR) is 46.7 cm³/mol. The summed E-state index contributed by atoms with van der Waals surface area (Å²) < 4.78 is 30.3. The summed E-state index contributed by atoms with van der Waals surface area (Å²) in [7, 11) is 0. The SMILES string of the molecule is CCOC(=O)c1cc(N)cc(F)c1F. The Labute approximate surface area is 79.5 Å². The lowest BCUT2D eigenvalue weighted by Crippen LogP contribution is -2.09. The standard InChI is InChI=1S/C9H9F2NO2/c1-2-14-9(13)6-3-5(12)4-7(10)8(6)11/h3-4H,2,12H2,1H3. The van der Waals surface area contributed by atoms with E-state index in [9.17, 15) is 13.6 Å². The highest BCUT2D eigenvalue weighted by Gasteiger charge is 2.17. The van der Waals surface area contributed by atoms with Crippen molar-refractivity contribution < 1.29 is 18.3 Å². The molecule has 0 saturated heterocycles. The Hall–Kier alpha value is -1.65. The van der Waals surface area contributed by atoms with Crippen molar-refractivity contribution in [3.8, 4) is 0 Å². The highest BCUT2D eigenvalue weighted by Crippen LogP contribution is 2.17. The van der Waals surface area contributed by atoms with E-state index in [0.29, 0.717) is 0 Å². The van der Waals surface area contributed by atoms with Gasteiger partial charge >= 0.3 is 5.97 Å². The van der Waals surface area contributed by atoms with E-state index < -0.39 is 23.2 Å². The van der Waals surface area contributed by atoms with Gasteiger partial charge in [0, 0.05) is 5.69 Å². The molecule has 3 nitrogen and oxygen atoms in total. The van der Waals surface area contributed by atoms with Gasteiger partial charge in [-0.05, 0) is 19.1 Å². The van der Waals surface area contributed by atoms with Gasteiger partial charge in [-0.2, -0.15) is 0 Å². The lowest BCUT2D eigenvalue weighted by atomic mass is 10.2. The Morgan fingerprint density at radius 3 is 2.71 bits per heavy atom. The van der Waals surface area contributed by atoms with Crippen LogP contribution in [0, 0.1) is 11.6 Å². The Bertz CT molecular complexity index is 366. The largest absolute Gasteiger partial charge is 0.462 e. The zero-order valence-electron chi connectivity index (χ0n) is 7.51. The van der Waals surface area contributed by atoms with Crippen molar-refractivity contribution in [1.82, 2.24) is 0 Å². The average Bonchev–Trinajstić information content (AvgIpc) is 2.11. The van der Waals surface area contributed by atoms with Gasteiger partial charge in [-0.3, -0.25) is 0 Å². The molecule has 0 aliphatic heterocycles. The second kappa shape index (κ2) is 4.04. The van der Waals surface area contributed by atoms with Crippen LogP contribution in [-0.2, 0) is 4.74 Å². The van der Waals surface area contributed by atoms with Gasteiger partial charge in [-0.25, -0.2) is 13.6 Å². The van der Waals surface area contributed by atoms with E-state index in [4.69, 9.17) is 5.73 Å². The topological polar surface area (TPSA) is 52.3 Å². The summed E-state index contributed by atoms with van der Waals surface area (Å²) in [6.07, 6.45) is 0. The minimum atomic E-state index is -1.24. The quantitative estimate of drug-likeness (QED) is 0.585. The fourth-order valence-electron chi connectivity index (χ4n) is 0.967. The summed E-state index contributed by atoms with van der Waals surface area (Å²) in [5, 5.41) is 0. The van der Waals surface area contributed by atoms with E-state index in [2.05, 4.69) is 4.74 Å². The molecule has 0 amide bonds. The first kappa shape index (κ1) is 10.4. The number of anilines is 1. The summed E-state index contributed by atoms with van der Waals surface area (Å²) in [5.41, 5.74) is 4.74. The molecular weight excluding hydrogens is 192 g/mol. The molecule has 76 valence electrons. The van der Waals surface area contributed by atoms with Gasteiger partial charge in [0.15, 0.2) is 11.6 Å². The van der Waals surface area contributed by atoms with Crippen LogP contribution in [0.1, 0.15) is 17.3 Å². The molecule has 0 bridgehead atoms. The number of halogens is 2. The first-order valence-electron chi connectivity index (χ1n) is 3.98. The number of carbonyl (C=O) groups excluding carboxylic acids is 1. The minimum Gasteiger partial charge on any atom is -0.462 e. The first-order chi connectivity index (χ1) is 6.56. The Morgan fingerprint density at radius 1 is 1.50 bits per heavy atom. The van der Waals surface area contributed by atoms with E-state index in [1.165, 1.54) is 0 Å². The highest BCUT2D eigenvalue weighted by atomic mass is 19.2. The fraction of sp³-hybridized carbons (Fsp3) is 0.222. The van der Waals surface area contributed by atoms with Crippen molar-refractivity contribution in [3.63, 3.8) is 0 Å². The number of ether oxygens (including phenoxy) is 1. The summed E-state index contributed by atoms with van der Waals surface area (Å²) in [6, 6.07) is 1.84. The van der Waals surface area contributed by atoms with Crippen molar-refractivity contribution in [2.45, 2.75) is 6.92 Å². The van der Waals surface area contributed by atoms with Crippen molar-refractivity contribution in [1.29, 1.82) is 0 Å². The lowest BCUT2D eigenvalue weighted by molar-refractivity contribution is 0.0520. The van der Waals surface area contributed by atoms with Gasteiger partial charge in [-0.1, -0.05) is 0 Å². The minimum absolute atomic E-state index is 0.0213. The molecule has 1 aromatic rings. The van der Waals surface area contributed by atoms with E-state index in [1.807, 2.05) is 0 Å². The predicted octanol–water partition coefficient (Wildman–Crippen LogP) is 1.72. The average molecular weight is 201 g/mol. The second-order valence-electron chi connectivity index (χ2n) is 2.58. The molecule has 0 aliphatic carbocycles. The van der Waals surface area contributed by atoms with Crippen molar-refractivity contribution in [3.05, 3.63) is 29.3 Å². The number of rotatable bonds is 2. The smallest absolute Gasteiger partial charge is 0.341 e. The maximum Gasteiger partial charge on any atom is 0.341 e. The Kier molecular flexibility index (Phi) is 3.01. The highest BCUT2D eigenvalue weighted by molar-refractivity contribution is 5.90. The molecule has 0 radical (unpaired) electrons. The number of carbonyl (C=O) groups is 1. The van der Waals surface area contributed by atoms with Gasteiger partial charge in [-0.15, -0.1) is 0 Å². The third-order valence-corrected chi connectivity index (χ3v) is 1.55. The molecule has 0 aliphatic rings. The number of nitrogen functional groups attached to an aromatic ring is 1. The van der Waals surface area contributed by atoms with Gasteiger partial charge in [0.25, 0.3) is 0 Å². The zero-order valence-corrected chi connectivity index (χ0v) is 7.51. The molecule has 14 heavy (non-hydrogen) atoms. The zero-order chi connectivity index (χ0) is 10.7. The number of benzene rings is 1. The monoisotopic (exact) mass is 201 g/mol. The number of hydrogen-bond donors (Lipinski definition) is 1. The van der Waals surface area contributed by atoms with E-state index in [0.717, 1.165) is 12.1 Å². The molecule has 0 heterocycles. The molecule has 0 unspecified atom stereocenters. The van der Waals surface area contributed by atoms with Crippen LogP contribution in [0.4, 0.5) is 14.5 Å². The van der Waals surface area contributed by atoms with Gasteiger partial charge < -0.3 is 10.5 Å². The summed E-state index contributed by atoms with van der Waals surface area (Å²) in [6.45, 7) is 1.66.